The maximum Gasteiger partial charge on any atom is 0.171 e. The Balaban J connectivity index is 2.98. The van der Waals surface area contributed by atoms with Crippen LogP contribution >= 0.6 is 11.6 Å². The van der Waals surface area contributed by atoms with Crippen molar-refractivity contribution in [2.45, 2.75) is 6.42 Å². The molecule has 0 unspecified atom stereocenters. The molecule has 0 aromatic carbocycles. The predicted molar refractivity (Wildman–Crippen MR) is 40.2 cm³/mol. The molecule has 3 nitrogen and oxygen atoms in total. The molecule has 0 radical (unpaired) electrons. The van der Waals surface area contributed by atoms with Crippen LogP contribution in [0.1, 0.15) is 5.69 Å². The minimum atomic E-state index is -0.0617. The zero-order valence-corrected chi connectivity index (χ0v) is 6.34. The van der Waals surface area contributed by atoms with Crippen molar-refractivity contribution in [3.63, 3.8) is 0 Å². The molecule has 0 fully saturated rings. The summed E-state index contributed by atoms with van der Waals surface area (Å²) in [5, 5.41) is 17.3. The molecule has 4 heteroatoms. The third-order valence-electron chi connectivity index (χ3n) is 1.15. The Kier molecular flexibility index (Phi) is 2.29. The summed E-state index contributed by atoms with van der Waals surface area (Å²) in [6.07, 6.45) is 0.208. The maximum atomic E-state index is 8.93. The van der Waals surface area contributed by atoms with Crippen LogP contribution in [0.15, 0.2) is 12.1 Å². The maximum absolute atomic E-state index is 8.93. The standard InChI is InChI=1S/C7H5ClN2O/c8-7-6(11)2-1-5(10-7)3-4-9/h1-2,11H,3H2. The van der Waals surface area contributed by atoms with Gasteiger partial charge in [-0.2, -0.15) is 5.26 Å². The topological polar surface area (TPSA) is 56.9 Å². The van der Waals surface area contributed by atoms with Crippen molar-refractivity contribution in [1.82, 2.24) is 4.98 Å². The fourth-order valence-electron chi connectivity index (χ4n) is 0.644. The summed E-state index contributed by atoms with van der Waals surface area (Å²) in [6.45, 7) is 0. The highest BCUT2D eigenvalue weighted by atomic mass is 35.5. The Hall–Kier alpha value is -1.27. The highest BCUT2D eigenvalue weighted by Crippen LogP contribution is 2.19. The molecule has 0 saturated carbocycles. The summed E-state index contributed by atoms with van der Waals surface area (Å²) < 4.78 is 0. The van der Waals surface area contributed by atoms with Gasteiger partial charge in [0.05, 0.1) is 18.2 Å². The fourth-order valence-corrected chi connectivity index (χ4v) is 0.816. The van der Waals surface area contributed by atoms with Crippen molar-refractivity contribution >= 4 is 11.6 Å². The van der Waals surface area contributed by atoms with Crippen molar-refractivity contribution in [2.75, 3.05) is 0 Å². The molecule has 0 amide bonds. The highest BCUT2D eigenvalue weighted by molar-refractivity contribution is 6.30. The van der Waals surface area contributed by atoms with Crippen molar-refractivity contribution in [2.24, 2.45) is 0 Å². The summed E-state index contributed by atoms with van der Waals surface area (Å²) in [5.41, 5.74) is 0.565. The number of hydrogen-bond donors (Lipinski definition) is 1. The minimum Gasteiger partial charge on any atom is -0.505 e. The predicted octanol–water partition coefficient (Wildman–Crippen LogP) is 1.51. The first-order valence-electron chi connectivity index (χ1n) is 2.95. The molecule has 0 atom stereocenters. The largest absolute Gasteiger partial charge is 0.505 e. The summed E-state index contributed by atoms with van der Waals surface area (Å²) >= 11 is 5.48. The number of pyridine rings is 1. The summed E-state index contributed by atoms with van der Waals surface area (Å²) in [6, 6.07) is 4.91. The average molecular weight is 169 g/mol. The van der Waals surface area contributed by atoms with Gasteiger partial charge in [0.2, 0.25) is 0 Å². The molecule has 0 spiro atoms. The number of halogens is 1. The van der Waals surface area contributed by atoms with E-state index >= 15 is 0 Å². The second-order valence-corrected chi connectivity index (χ2v) is 2.31. The zero-order valence-electron chi connectivity index (χ0n) is 5.58. The van der Waals surface area contributed by atoms with Crippen LogP contribution in [0.25, 0.3) is 0 Å². The van der Waals surface area contributed by atoms with Crippen molar-refractivity contribution in [3.05, 3.63) is 23.0 Å². The molecule has 0 aliphatic rings. The lowest BCUT2D eigenvalue weighted by Crippen LogP contribution is -1.87. The Morgan fingerprint density at radius 3 is 2.91 bits per heavy atom. The fraction of sp³-hybridized carbons (Fsp3) is 0.143. The Labute approximate surface area is 68.9 Å². The van der Waals surface area contributed by atoms with Gasteiger partial charge in [0.25, 0.3) is 0 Å². The molecular formula is C7H5ClN2O. The Bertz CT molecular complexity index is 306. The third-order valence-corrected chi connectivity index (χ3v) is 1.43. The zero-order chi connectivity index (χ0) is 8.27. The molecule has 56 valence electrons. The van der Waals surface area contributed by atoms with Gasteiger partial charge >= 0.3 is 0 Å². The van der Waals surface area contributed by atoms with E-state index in [2.05, 4.69) is 4.98 Å². The lowest BCUT2D eigenvalue weighted by atomic mass is 10.3. The lowest BCUT2D eigenvalue weighted by molar-refractivity contribution is 0.472. The van der Waals surface area contributed by atoms with E-state index in [1.807, 2.05) is 6.07 Å². The van der Waals surface area contributed by atoms with Crippen molar-refractivity contribution < 1.29 is 5.11 Å². The Morgan fingerprint density at radius 1 is 1.64 bits per heavy atom. The number of hydrogen-bond acceptors (Lipinski definition) is 3. The van der Waals surface area contributed by atoms with Gasteiger partial charge in [0, 0.05) is 0 Å². The van der Waals surface area contributed by atoms with E-state index in [0.29, 0.717) is 5.69 Å². The molecule has 1 rings (SSSR count). The first-order chi connectivity index (χ1) is 5.24. The highest BCUT2D eigenvalue weighted by Gasteiger charge is 1.99. The molecule has 1 heterocycles. The number of aromatic nitrogens is 1. The van der Waals surface area contributed by atoms with Gasteiger partial charge < -0.3 is 5.11 Å². The molecular weight excluding hydrogens is 164 g/mol. The Morgan fingerprint density at radius 2 is 2.36 bits per heavy atom. The first kappa shape index (κ1) is 7.83. The average Bonchev–Trinajstić information content (AvgIpc) is 1.98. The smallest absolute Gasteiger partial charge is 0.171 e. The monoisotopic (exact) mass is 168 g/mol. The molecule has 1 aromatic rings. The molecule has 1 N–H and O–H groups in total. The van der Waals surface area contributed by atoms with Crippen LogP contribution in [0.5, 0.6) is 5.75 Å². The van der Waals surface area contributed by atoms with Crippen LogP contribution < -0.4 is 0 Å². The molecule has 1 aromatic heterocycles. The van der Waals surface area contributed by atoms with Gasteiger partial charge in [0.1, 0.15) is 0 Å². The molecule has 0 bridgehead atoms. The number of nitriles is 1. The van der Waals surface area contributed by atoms with E-state index in [-0.39, 0.29) is 17.3 Å². The second kappa shape index (κ2) is 3.22. The van der Waals surface area contributed by atoms with Gasteiger partial charge in [-0.25, -0.2) is 4.98 Å². The van der Waals surface area contributed by atoms with Crippen LogP contribution in [0.3, 0.4) is 0 Å². The van der Waals surface area contributed by atoms with E-state index in [1.54, 1.807) is 6.07 Å². The molecule has 0 aliphatic heterocycles. The molecule has 11 heavy (non-hydrogen) atoms. The first-order valence-corrected chi connectivity index (χ1v) is 3.33. The third kappa shape index (κ3) is 1.82. The van der Waals surface area contributed by atoms with Crippen LogP contribution in [-0.2, 0) is 6.42 Å². The quantitative estimate of drug-likeness (QED) is 0.647. The van der Waals surface area contributed by atoms with Gasteiger partial charge in [-0.05, 0) is 12.1 Å². The number of aromatic hydroxyl groups is 1. The van der Waals surface area contributed by atoms with Gasteiger partial charge in [0.15, 0.2) is 10.9 Å². The second-order valence-electron chi connectivity index (χ2n) is 1.95. The normalized spacial score (nSPS) is 9.09. The van der Waals surface area contributed by atoms with Crippen LogP contribution in [-0.4, -0.2) is 10.1 Å². The summed E-state index contributed by atoms with van der Waals surface area (Å²) in [4.78, 5) is 3.76. The summed E-state index contributed by atoms with van der Waals surface area (Å²) in [7, 11) is 0. The SMILES string of the molecule is N#CCc1ccc(O)c(Cl)n1. The van der Waals surface area contributed by atoms with E-state index < -0.39 is 0 Å². The van der Waals surface area contributed by atoms with Gasteiger partial charge in [-0.1, -0.05) is 11.6 Å². The van der Waals surface area contributed by atoms with E-state index in [9.17, 15) is 0 Å². The minimum absolute atomic E-state index is 0.0396. The summed E-state index contributed by atoms with van der Waals surface area (Å²) in [5.74, 6) is -0.0617. The van der Waals surface area contributed by atoms with Crippen LogP contribution in [0, 0.1) is 11.3 Å². The van der Waals surface area contributed by atoms with Crippen LogP contribution in [0.4, 0.5) is 0 Å². The van der Waals surface area contributed by atoms with E-state index in [4.69, 9.17) is 22.0 Å². The number of rotatable bonds is 1. The van der Waals surface area contributed by atoms with Crippen molar-refractivity contribution in [1.29, 1.82) is 5.26 Å². The van der Waals surface area contributed by atoms with Crippen LogP contribution in [0.2, 0.25) is 5.15 Å². The van der Waals surface area contributed by atoms with Gasteiger partial charge in [-0.15, -0.1) is 0 Å². The molecule has 0 saturated heterocycles. The van der Waals surface area contributed by atoms with E-state index in [0.717, 1.165) is 0 Å². The van der Waals surface area contributed by atoms with Crippen molar-refractivity contribution in [3.8, 4) is 11.8 Å². The van der Waals surface area contributed by atoms with E-state index in [1.165, 1.54) is 6.07 Å². The number of nitrogens with zero attached hydrogens (tertiary/aromatic N) is 2. The molecule has 0 aliphatic carbocycles. The lowest BCUT2D eigenvalue weighted by Gasteiger charge is -1.96. The van der Waals surface area contributed by atoms with Gasteiger partial charge in [-0.3, -0.25) is 0 Å².